The highest BCUT2D eigenvalue weighted by atomic mass is 16.3. The first-order valence-corrected chi connectivity index (χ1v) is 7.73. The molecule has 0 bridgehead atoms. The van der Waals surface area contributed by atoms with E-state index in [0.717, 1.165) is 5.56 Å². The summed E-state index contributed by atoms with van der Waals surface area (Å²) in [4.78, 5) is 30.2. The van der Waals surface area contributed by atoms with Crippen molar-refractivity contribution >= 4 is 11.8 Å². The summed E-state index contributed by atoms with van der Waals surface area (Å²) in [7, 11) is 0. The van der Waals surface area contributed by atoms with E-state index in [2.05, 4.69) is 10.3 Å². The molecule has 6 heteroatoms. The summed E-state index contributed by atoms with van der Waals surface area (Å²) in [5, 5.41) is 2.94. The number of rotatable bonds is 4. The topological polar surface area (TPSA) is 75.4 Å². The summed E-state index contributed by atoms with van der Waals surface area (Å²) in [5.74, 6) is 0.236. The Morgan fingerprint density at radius 1 is 1.26 bits per heavy atom. The Balaban J connectivity index is 1.47. The van der Waals surface area contributed by atoms with Crippen molar-refractivity contribution in [2.45, 2.75) is 19.4 Å². The van der Waals surface area contributed by atoms with Gasteiger partial charge in [0, 0.05) is 37.9 Å². The molecule has 6 nitrogen and oxygen atoms in total. The van der Waals surface area contributed by atoms with Gasteiger partial charge < -0.3 is 14.6 Å². The first-order valence-electron chi connectivity index (χ1n) is 7.73. The molecule has 0 atom stereocenters. The number of nitrogens with zero attached hydrogens (tertiary/aromatic N) is 2. The predicted octanol–water partition coefficient (Wildman–Crippen LogP) is 1.84. The van der Waals surface area contributed by atoms with E-state index in [1.54, 1.807) is 29.4 Å². The van der Waals surface area contributed by atoms with Gasteiger partial charge in [-0.25, -0.2) is 0 Å². The molecular weight excluding hydrogens is 294 g/mol. The number of pyridine rings is 1. The monoisotopic (exact) mass is 313 g/mol. The van der Waals surface area contributed by atoms with E-state index in [-0.39, 0.29) is 17.7 Å². The average Bonchev–Trinajstić information content (AvgIpc) is 3.15. The van der Waals surface area contributed by atoms with Gasteiger partial charge in [0.25, 0.3) is 5.91 Å². The van der Waals surface area contributed by atoms with Gasteiger partial charge in [0.15, 0.2) is 5.76 Å². The standard InChI is InChI=1S/C17H19N3O3/c21-16(19-12-13-3-1-7-18-11-13)14-5-8-20(9-6-14)17(22)15-4-2-10-23-15/h1-4,7,10-11,14H,5-6,8-9,12H2,(H,19,21). The van der Waals surface area contributed by atoms with Crippen LogP contribution >= 0.6 is 0 Å². The van der Waals surface area contributed by atoms with Crippen molar-refractivity contribution in [1.82, 2.24) is 15.2 Å². The lowest BCUT2D eigenvalue weighted by Gasteiger charge is -2.30. The van der Waals surface area contributed by atoms with Gasteiger partial charge in [-0.3, -0.25) is 14.6 Å². The fourth-order valence-corrected chi connectivity index (χ4v) is 2.74. The van der Waals surface area contributed by atoms with E-state index < -0.39 is 0 Å². The summed E-state index contributed by atoms with van der Waals surface area (Å²) < 4.78 is 5.13. The van der Waals surface area contributed by atoms with Crippen LogP contribution in [0.3, 0.4) is 0 Å². The molecule has 1 aliphatic heterocycles. The Kier molecular flexibility index (Phi) is 4.71. The minimum Gasteiger partial charge on any atom is -0.459 e. The Morgan fingerprint density at radius 3 is 2.74 bits per heavy atom. The highest BCUT2D eigenvalue weighted by Crippen LogP contribution is 2.19. The largest absolute Gasteiger partial charge is 0.459 e. The molecule has 2 amide bonds. The van der Waals surface area contributed by atoms with Crippen molar-refractivity contribution in [3.05, 3.63) is 54.2 Å². The highest BCUT2D eigenvalue weighted by molar-refractivity contribution is 5.91. The van der Waals surface area contributed by atoms with Gasteiger partial charge in [0.2, 0.25) is 5.91 Å². The third kappa shape index (κ3) is 3.77. The van der Waals surface area contributed by atoms with Crippen molar-refractivity contribution < 1.29 is 14.0 Å². The Hall–Kier alpha value is -2.63. The van der Waals surface area contributed by atoms with E-state index in [1.807, 2.05) is 12.1 Å². The molecule has 0 saturated carbocycles. The zero-order chi connectivity index (χ0) is 16.1. The molecule has 0 unspecified atom stereocenters. The van der Waals surface area contributed by atoms with E-state index in [4.69, 9.17) is 4.42 Å². The second-order valence-electron chi connectivity index (χ2n) is 5.62. The average molecular weight is 313 g/mol. The highest BCUT2D eigenvalue weighted by Gasteiger charge is 2.28. The lowest BCUT2D eigenvalue weighted by molar-refractivity contribution is -0.126. The summed E-state index contributed by atoms with van der Waals surface area (Å²) in [5.41, 5.74) is 0.978. The molecule has 0 aromatic carbocycles. The van der Waals surface area contributed by atoms with Gasteiger partial charge >= 0.3 is 0 Å². The SMILES string of the molecule is O=C(NCc1cccnc1)C1CCN(C(=O)c2ccco2)CC1. The number of likely N-dealkylation sites (tertiary alicyclic amines) is 1. The predicted molar refractivity (Wildman–Crippen MR) is 83.4 cm³/mol. The van der Waals surface area contributed by atoms with Crippen LogP contribution in [0.15, 0.2) is 47.3 Å². The van der Waals surface area contributed by atoms with E-state index in [0.29, 0.717) is 38.2 Å². The molecule has 2 aromatic rings. The fraction of sp³-hybridized carbons (Fsp3) is 0.353. The second-order valence-corrected chi connectivity index (χ2v) is 5.62. The van der Waals surface area contributed by atoms with Crippen LogP contribution < -0.4 is 5.32 Å². The van der Waals surface area contributed by atoms with Crippen molar-refractivity contribution in [2.75, 3.05) is 13.1 Å². The van der Waals surface area contributed by atoms with E-state index in [9.17, 15) is 9.59 Å². The number of piperidine rings is 1. The maximum Gasteiger partial charge on any atom is 0.289 e. The maximum absolute atomic E-state index is 12.2. The molecule has 0 radical (unpaired) electrons. The molecule has 3 heterocycles. The number of furan rings is 1. The van der Waals surface area contributed by atoms with Crippen molar-refractivity contribution in [1.29, 1.82) is 0 Å². The number of aromatic nitrogens is 1. The molecule has 23 heavy (non-hydrogen) atoms. The Bertz CT molecular complexity index is 647. The molecule has 2 aromatic heterocycles. The lowest BCUT2D eigenvalue weighted by atomic mass is 9.95. The van der Waals surface area contributed by atoms with E-state index >= 15 is 0 Å². The lowest BCUT2D eigenvalue weighted by Crippen LogP contribution is -2.42. The summed E-state index contributed by atoms with van der Waals surface area (Å²) in [6, 6.07) is 7.14. The number of hydrogen-bond donors (Lipinski definition) is 1. The van der Waals surface area contributed by atoms with Crippen molar-refractivity contribution in [3.63, 3.8) is 0 Å². The summed E-state index contributed by atoms with van der Waals surface area (Å²) >= 11 is 0. The number of nitrogens with one attached hydrogen (secondary N) is 1. The summed E-state index contributed by atoms with van der Waals surface area (Å²) in [6.07, 6.45) is 6.28. The van der Waals surface area contributed by atoms with Gasteiger partial charge in [-0.15, -0.1) is 0 Å². The first-order chi connectivity index (χ1) is 11.2. The normalized spacial score (nSPS) is 15.4. The quantitative estimate of drug-likeness (QED) is 0.934. The Morgan fingerprint density at radius 2 is 2.09 bits per heavy atom. The van der Waals surface area contributed by atoms with Crippen LogP contribution in [0.2, 0.25) is 0 Å². The number of amides is 2. The van der Waals surface area contributed by atoms with Gasteiger partial charge in [-0.1, -0.05) is 6.07 Å². The molecular formula is C17H19N3O3. The van der Waals surface area contributed by atoms with Gasteiger partial charge in [0.05, 0.1) is 6.26 Å². The smallest absolute Gasteiger partial charge is 0.289 e. The van der Waals surface area contributed by atoms with Gasteiger partial charge in [0.1, 0.15) is 0 Å². The minimum absolute atomic E-state index is 0.0407. The minimum atomic E-state index is -0.107. The Labute approximate surface area is 134 Å². The number of carbonyl (C=O) groups is 2. The van der Waals surface area contributed by atoms with Crippen LogP contribution in [0.25, 0.3) is 0 Å². The van der Waals surface area contributed by atoms with Crippen LogP contribution in [0.5, 0.6) is 0 Å². The maximum atomic E-state index is 12.2. The molecule has 120 valence electrons. The zero-order valence-electron chi connectivity index (χ0n) is 12.8. The van der Waals surface area contributed by atoms with Crippen molar-refractivity contribution in [3.8, 4) is 0 Å². The molecule has 1 fully saturated rings. The molecule has 0 aliphatic carbocycles. The van der Waals surface area contributed by atoms with Gasteiger partial charge in [-0.2, -0.15) is 0 Å². The van der Waals surface area contributed by atoms with Crippen LogP contribution in [-0.4, -0.2) is 34.8 Å². The molecule has 3 rings (SSSR count). The van der Waals surface area contributed by atoms with Crippen LogP contribution in [0.1, 0.15) is 29.0 Å². The molecule has 1 N–H and O–H groups in total. The number of carbonyl (C=O) groups excluding carboxylic acids is 2. The van der Waals surface area contributed by atoms with Crippen LogP contribution in [0.4, 0.5) is 0 Å². The van der Waals surface area contributed by atoms with Crippen molar-refractivity contribution in [2.24, 2.45) is 5.92 Å². The fourth-order valence-electron chi connectivity index (χ4n) is 2.74. The summed E-state index contributed by atoms with van der Waals surface area (Å²) in [6.45, 7) is 1.63. The molecule has 0 spiro atoms. The third-order valence-electron chi connectivity index (χ3n) is 4.07. The second kappa shape index (κ2) is 7.09. The molecule has 1 saturated heterocycles. The molecule has 1 aliphatic rings. The third-order valence-corrected chi connectivity index (χ3v) is 4.07. The van der Waals surface area contributed by atoms with Crippen LogP contribution in [-0.2, 0) is 11.3 Å². The van der Waals surface area contributed by atoms with E-state index in [1.165, 1.54) is 6.26 Å². The first kappa shape index (κ1) is 15.3. The van der Waals surface area contributed by atoms with Crippen LogP contribution in [0, 0.1) is 5.92 Å². The zero-order valence-corrected chi connectivity index (χ0v) is 12.8. The van der Waals surface area contributed by atoms with Gasteiger partial charge in [-0.05, 0) is 36.6 Å². The number of hydrogen-bond acceptors (Lipinski definition) is 4.